The lowest BCUT2D eigenvalue weighted by atomic mass is 10.1. The molecule has 2 aliphatic rings. The minimum Gasteiger partial charge on any atom is -0.392 e. The van der Waals surface area contributed by atoms with Crippen LogP contribution in [0.5, 0.6) is 0 Å². The van der Waals surface area contributed by atoms with Gasteiger partial charge in [-0.15, -0.1) is 0 Å². The summed E-state index contributed by atoms with van der Waals surface area (Å²) in [5, 5.41) is 9.44. The number of para-hydroxylation sites is 1. The molecule has 0 aromatic heterocycles. The van der Waals surface area contributed by atoms with Crippen molar-refractivity contribution in [3.05, 3.63) is 29.8 Å². The van der Waals surface area contributed by atoms with Gasteiger partial charge in [-0.1, -0.05) is 18.2 Å². The molecule has 1 N–H and O–H groups in total. The summed E-state index contributed by atoms with van der Waals surface area (Å²) in [6.07, 6.45) is 5.57. The smallest absolute Gasteiger partial charge is 0.0702 e. The summed E-state index contributed by atoms with van der Waals surface area (Å²) in [4.78, 5) is 2.51. The largest absolute Gasteiger partial charge is 0.392 e. The van der Waals surface area contributed by atoms with Crippen molar-refractivity contribution in [2.45, 2.75) is 32.3 Å². The zero-order valence-electron chi connectivity index (χ0n) is 10.3. The first-order chi connectivity index (χ1) is 8.36. The van der Waals surface area contributed by atoms with Gasteiger partial charge in [0.15, 0.2) is 0 Å². The molecule has 1 aromatic rings. The van der Waals surface area contributed by atoms with Gasteiger partial charge >= 0.3 is 0 Å². The molecule has 0 atom stereocenters. The number of rotatable bonds is 6. The molecule has 2 nitrogen and oxygen atoms in total. The van der Waals surface area contributed by atoms with E-state index in [-0.39, 0.29) is 6.61 Å². The molecular weight excluding hydrogens is 210 g/mol. The van der Waals surface area contributed by atoms with Crippen molar-refractivity contribution in [1.82, 2.24) is 0 Å². The first-order valence-corrected chi connectivity index (χ1v) is 6.80. The van der Waals surface area contributed by atoms with Crippen LogP contribution in [-0.4, -0.2) is 18.2 Å². The third kappa shape index (κ3) is 2.81. The first kappa shape index (κ1) is 11.1. The van der Waals surface area contributed by atoms with Crippen LogP contribution in [0.3, 0.4) is 0 Å². The lowest BCUT2D eigenvalue weighted by Gasteiger charge is -2.27. The Morgan fingerprint density at radius 1 is 1.00 bits per heavy atom. The second kappa shape index (κ2) is 4.69. The van der Waals surface area contributed by atoms with Crippen LogP contribution < -0.4 is 4.90 Å². The molecule has 0 radical (unpaired) electrons. The monoisotopic (exact) mass is 231 g/mol. The van der Waals surface area contributed by atoms with Gasteiger partial charge in [0.05, 0.1) is 6.61 Å². The Morgan fingerprint density at radius 3 is 2.12 bits per heavy atom. The van der Waals surface area contributed by atoms with E-state index in [1.807, 2.05) is 12.1 Å². The van der Waals surface area contributed by atoms with Gasteiger partial charge in [0.25, 0.3) is 0 Å². The highest BCUT2D eigenvalue weighted by Gasteiger charge is 2.29. The topological polar surface area (TPSA) is 23.5 Å². The van der Waals surface area contributed by atoms with E-state index in [0.717, 1.165) is 17.4 Å². The van der Waals surface area contributed by atoms with E-state index in [2.05, 4.69) is 17.0 Å². The number of benzene rings is 1. The first-order valence-electron chi connectivity index (χ1n) is 6.80. The maximum Gasteiger partial charge on any atom is 0.0702 e. The fourth-order valence-electron chi connectivity index (χ4n) is 2.45. The van der Waals surface area contributed by atoms with Crippen molar-refractivity contribution in [3.8, 4) is 0 Å². The Balaban J connectivity index is 1.78. The minimum absolute atomic E-state index is 0.155. The SMILES string of the molecule is OCc1ccccc1N(CC1CC1)CC1CC1. The van der Waals surface area contributed by atoms with Crippen molar-refractivity contribution in [1.29, 1.82) is 0 Å². The highest BCUT2D eigenvalue weighted by molar-refractivity contribution is 5.53. The number of hydrogen-bond donors (Lipinski definition) is 1. The quantitative estimate of drug-likeness (QED) is 0.813. The fourth-order valence-corrected chi connectivity index (χ4v) is 2.45. The standard InChI is InChI=1S/C15H21NO/c17-11-14-3-1-2-4-15(14)16(9-12-5-6-12)10-13-7-8-13/h1-4,12-13,17H,5-11H2. The summed E-state index contributed by atoms with van der Waals surface area (Å²) in [5.74, 6) is 1.81. The number of hydrogen-bond acceptors (Lipinski definition) is 2. The van der Waals surface area contributed by atoms with E-state index in [1.54, 1.807) is 0 Å². The minimum atomic E-state index is 0.155. The van der Waals surface area contributed by atoms with Gasteiger partial charge in [-0.05, 0) is 43.6 Å². The summed E-state index contributed by atoms with van der Waals surface area (Å²) in [7, 11) is 0. The van der Waals surface area contributed by atoms with Gasteiger partial charge in [-0.3, -0.25) is 0 Å². The van der Waals surface area contributed by atoms with Crippen LogP contribution in [0.1, 0.15) is 31.2 Å². The molecule has 2 fully saturated rings. The van der Waals surface area contributed by atoms with Crippen molar-refractivity contribution >= 4 is 5.69 Å². The molecule has 92 valence electrons. The summed E-state index contributed by atoms with van der Waals surface area (Å²) >= 11 is 0. The Hall–Kier alpha value is -1.02. The average molecular weight is 231 g/mol. The summed E-state index contributed by atoms with van der Waals surface area (Å²) in [5.41, 5.74) is 2.34. The van der Waals surface area contributed by atoms with Gasteiger partial charge < -0.3 is 10.0 Å². The fraction of sp³-hybridized carbons (Fsp3) is 0.600. The van der Waals surface area contributed by atoms with Crippen LogP contribution in [0.2, 0.25) is 0 Å². The van der Waals surface area contributed by atoms with Gasteiger partial charge in [-0.2, -0.15) is 0 Å². The predicted octanol–water partition coefficient (Wildman–Crippen LogP) is 2.81. The molecule has 0 unspecified atom stereocenters. The Bertz CT molecular complexity index is 368. The number of nitrogens with zero attached hydrogens (tertiary/aromatic N) is 1. The van der Waals surface area contributed by atoms with Crippen molar-refractivity contribution in [2.24, 2.45) is 11.8 Å². The molecule has 0 heterocycles. The van der Waals surface area contributed by atoms with E-state index in [4.69, 9.17) is 0 Å². The molecule has 0 spiro atoms. The zero-order valence-corrected chi connectivity index (χ0v) is 10.3. The normalized spacial score (nSPS) is 19.4. The van der Waals surface area contributed by atoms with Crippen LogP contribution in [0.15, 0.2) is 24.3 Å². The van der Waals surface area contributed by atoms with Crippen molar-refractivity contribution in [2.75, 3.05) is 18.0 Å². The molecule has 17 heavy (non-hydrogen) atoms. The highest BCUT2D eigenvalue weighted by Crippen LogP contribution is 2.36. The van der Waals surface area contributed by atoms with E-state index >= 15 is 0 Å². The van der Waals surface area contributed by atoms with E-state index in [1.165, 1.54) is 44.5 Å². The zero-order chi connectivity index (χ0) is 11.7. The summed E-state index contributed by atoms with van der Waals surface area (Å²) in [6, 6.07) is 8.31. The van der Waals surface area contributed by atoms with Crippen molar-refractivity contribution < 1.29 is 5.11 Å². The van der Waals surface area contributed by atoms with Crippen LogP contribution in [0.25, 0.3) is 0 Å². The summed E-state index contributed by atoms with van der Waals surface area (Å²) < 4.78 is 0. The molecule has 0 bridgehead atoms. The van der Waals surface area contributed by atoms with Gasteiger partial charge in [0, 0.05) is 24.3 Å². The van der Waals surface area contributed by atoms with Crippen molar-refractivity contribution in [3.63, 3.8) is 0 Å². The Labute approximate surface area is 103 Å². The molecular formula is C15H21NO. The molecule has 0 amide bonds. The lowest BCUT2D eigenvalue weighted by Crippen LogP contribution is -2.29. The van der Waals surface area contributed by atoms with Gasteiger partial charge in [-0.25, -0.2) is 0 Å². The van der Waals surface area contributed by atoms with Crippen LogP contribution in [0, 0.1) is 11.8 Å². The van der Waals surface area contributed by atoms with E-state index in [0.29, 0.717) is 0 Å². The molecule has 0 aliphatic heterocycles. The molecule has 0 saturated heterocycles. The molecule has 2 saturated carbocycles. The van der Waals surface area contributed by atoms with Crippen LogP contribution >= 0.6 is 0 Å². The molecule has 2 heteroatoms. The Kier molecular flexibility index (Phi) is 3.06. The Morgan fingerprint density at radius 2 is 1.59 bits per heavy atom. The van der Waals surface area contributed by atoms with Crippen LogP contribution in [-0.2, 0) is 6.61 Å². The maximum atomic E-state index is 9.44. The van der Waals surface area contributed by atoms with Gasteiger partial charge in [0.2, 0.25) is 0 Å². The predicted molar refractivity (Wildman–Crippen MR) is 70.0 cm³/mol. The summed E-state index contributed by atoms with van der Waals surface area (Å²) in [6.45, 7) is 2.53. The third-order valence-electron chi connectivity index (χ3n) is 3.85. The number of aliphatic hydroxyl groups is 1. The molecule has 1 aromatic carbocycles. The van der Waals surface area contributed by atoms with E-state index in [9.17, 15) is 5.11 Å². The maximum absolute atomic E-state index is 9.44. The van der Waals surface area contributed by atoms with Crippen LogP contribution in [0.4, 0.5) is 5.69 Å². The van der Waals surface area contributed by atoms with E-state index < -0.39 is 0 Å². The lowest BCUT2D eigenvalue weighted by molar-refractivity contribution is 0.282. The molecule has 3 rings (SSSR count). The second-order valence-corrected chi connectivity index (χ2v) is 5.58. The second-order valence-electron chi connectivity index (χ2n) is 5.58. The number of anilines is 1. The molecule has 2 aliphatic carbocycles. The van der Waals surface area contributed by atoms with Gasteiger partial charge in [0.1, 0.15) is 0 Å². The average Bonchev–Trinajstić information content (AvgIpc) is 3.23. The highest BCUT2D eigenvalue weighted by atomic mass is 16.3. The third-order valence-corrected chi connectivity index (χ3v) is 3.85. The number of aliphatic hydroxyl groups excluding tert-OH is 1.